The van der Waals surface area contributed by atoms with Gasteiger partial charge in [-0.15, -0.1) is 0 Å². The van der Waals surface area contributed by atoms with Crippen molar-refractivity contribution in [3.8, 4) is 11.1 Å². The summed E-state index contributed by atoms with van der Waals surface area (Å²) in [5.74, 6) is 0.618. The zero-order valence-electron chi connectivity index (χ0n) is 14.0. The van der Waals surface area contributed by atoms with Crippen molar-refractivity contribution in [2.75, 3.05) is 0 Å². The lowest BCUT2D eigenvalue weighted by molar-refractivity contribution is 1.04. The van der Waals surface area contributed by atoms with E-state index in [0.717, 1.165) is 11.1 Å². The van der Waals surface area contributed by atoms with Crippen molar-refractivity contribution < 1.29 is 0 Å². The molecule has 0 N–H and O–H groups in total. The molecule has 1 nitrogen and oxygen atoms in total. The highest BCUT2D eigenvalue weighted by Crippen LogP contribution is 2.45. The number of para-hydroxylation sites is 1. The number of fused-ring (bicyclic) bond motifs is 1. The number of hydrogen-bond acceptors (Lipinski definition) is 1. The maximum atomic E-state index is 5.01. The van der Waals surface area contributed by atoms with Crippen molar-refractivity contribution in [1.29, 1.82) is 0 Å². The Hall–Kier alpha value is -2.67. The fourth-order valence-corrected chi connectivity index (χ4v) is 3.35. The Morgan fingerprint density at radius 3 is 2.46 bits per heavy atom. The molecule has 0 saturated heterocycles. The highest BCUT2D eigenvalue weighted by atomic mass is 14.7. The van der Waals surface area contributed by atoms with Gasteiger partial charge in [-0.25, -0.2) is 0 Å². The van der Waals surface area contributed by atoms with Crippen molar-refractivity contribution in [2.24, 2.45) is 0 Å². The quantitative estimate of drug-likeness (QED) is 0.539. The first-order valence-corrected chi connectivity index (χ1v) is 8.60. The second-order valence-electron chi connectivity index (χ2n) is 6.40. The van der Waals surface area contributed by atoms with E-state index < -0.39 is 0 Å². The number of benzene rings is 2. The van der Waals surface area contributed by atoms with Gasteiger partial charge in [0.1, 0.15) is 0 Å². The van der Waals surface area contributed by atoms with Crippen molar-refractivity contribution >= 4 is 23.1 Å². The first-order chi connectivity index (χ1) is 11.8. The average Bonchev–Trinajstić information content (AvgIpc) is 3.46. The van der Waals surface area contributed by atoms with Crippen LogP contribution in [-0.4, -0.2) is 4.98 Å². The van der Waals surface area contributed by atoms with Crippen LogP contribution in [0, 0.1) is 0 Å². The molecular weight excluding hydrogens is 290 g/mol. The third-order valence-electron chi connectivity index (χ3n) is 4.69. The Balaban J connectivity index is 2.05. The van der Waals surface area contributed by atoms with Gasteiger partial charge in [-0.2, -0.15) is 0 Å². The maximum Gasteiger partial charge on any atom is 0.0712 e. The van der Waals surface area contributed by atoms with E-state index >= 15 is 0 Å². The van der Waals surface area contributed by atoms with E-state index in [2.05, 4.69) is 74.2 Å². The summed E-state index contributed by atoms with van der Waals surface area (Å²) in [6.45, 7) is 5.93. The van der Waals surface area contributed by atoms with Crippen LogP contribution in [0.3, 0.4) is 0 Å². The van der Waals surface area contributed by atoms with E-state index in [1.165, 1.54) is 40.6 Å². The molecule has 0 bridgehead atoms. The van der Waals surface area contributed by atoms with Crippen molar-refractivity contribution in [3.05, 3.63) is 78.0 Å². The lowest BCUT2D eigenvalue weighted by atomic mass is 9.92. The van der Waals surface area contributed by atoms with Crippen molar-refractivity contribution in [1.82, 2.24) is 4.98 Å². The van der Waals surface area contributed by atoms with E-state index in [1.807, 2.05) is 6.08 Å². The molecule has 0 spiro atoms. The molecule has 0 amide bonds. The number of rotatable bonds is 4. The van der Waals surface area contributed by atoms with Gasteiger partial charge in [0.25, 0.3) is 0 Å². The molecule has 1 aliphatic carbocycles. The predicted octanol–water partition coefficient (Wildman–Crippen LogP) is 6.46. The molecular formula is C23H21N. The number of hydrogen-bond donors (Lipinski definition) is 0. The summed E-state index contributed by atoms with van der Waals surface area (Å²) in [7, 11) is 0. The van der Waals surface area contributed by atoms with Gasteiger partial charge in [0, 0.05) is 22.4 Å². The summed E-state index contributed by atoms with van der Waals surface area (Å²) >= 11 is 0. The topological polar surface area (TPSA) is 12.9 Å². The highest BCUT2D eigenvalue weighted by Gasteiger charge is 2.29. The maximum absolute atomic E-state index is 5.01. The van der Waals surface area contributed by atoms with Crippen LogP contribution in [0.5, 0.6) is 0 Å². The number of aromatic nitrogens is 1. The molecule has 0 atom stereocenters. The van der Waals surface area contributed by atoms with E-state index in [-0.39, 0.29) is 0 Å². The summed E-state index contributed by atoms with van der Waals surface area (Å²) in [6.07, 6.45) is 8.75. The molecule has 0 radical (unpaired) electrons. The van der Waals surface area contributed by atoms with Gasteiger partial charge in [0.05, 0.1) is 11.2 Å². The summed E-state index contributed by atoms with van der Waals surface area (Å²) in [6, 6.07) is 17.1. The van der Waals surface area contributed by atoms with Crippen LogP contribution in [0.4, 0.5) is 0 Å². The molecule has 1 aliphatic rings. The minimum atomic E-state index is 0.618. The molecule has 1 saturated carbocycles. The molecule has 4 rings (SSSR count). The fraction of sp³-hybridized carbons (Fsp3) is 0.174. The second kappa shape index (κ2) is 6.09. The lowest BCUT2D eigenvalue weighted by Crippen LogP contribution is -1.98. The summed E-state index contributed by atoms with van der Waals surface area (Å²) in [5.41, 5.74) is 7.33. The van der Waals surface area contributed by atoms with Gasteiger partial charge < -0.3 is 0 Å². The van der Waals surface area contributed by atoms with Crippen LogP contribution in [0.15, 0.2) is 61.2 Å². The molecule has 0 unspecified atom stereocenters. The van der Waals surface area contributed by atoms with E-state index in [0.29, 0.717) is 5.92 Å². The molecule has 118 valence electrons. The Morgan fingerprint density at radius 2 is 1.79 bits per heavy atom. The summed E-state index contributed by atoms with van der Waals surface area (Å²) in [4.78, 5) is 5.01. The lowest BCUT2D eigenvalue weighted by Gasteiger charge is -2.15. The Morgan fingerprint density at radius 1 is 1.04 bits per heavy atom. The average molecular weight is 311 g/mol. The number of pyridine rings is 1. The van der Waals surface area contributed by atoms with Crippen LogP contribution in [-0.2, 0) is 0 Å². The minimum absolute atomic E-state index is 0.618. The Bertz CT molecular complexity index is 928. The van der Waals surface area contributed by atoms with E-state index in [9.17, 15) is 0 Å². The minimum Gasteiger partial charge on any atom is -0.252 e. The van der Waals surface area contributed by atoms with Crippen LogP contribution >= 0.6 is 0 Å². The monoisotopic (exact) mass is 311 g/mol. The summed E-state index contributed by atoms with van der Waals surface area (Å²) in [5, 5.41) is 1.22. The SMILES string of the molecule is C=Cc1ccc(-c2c(/C=C/C)c(C3CC3)nc3ccccc23)cc1. The van der Waals surface area contributed by atoms with Crippen molar-refractivity contribution in [3.63, 3.8) is 0 Å². The first kappa shape index (κ1) is 14.9. The molecule has 0 aliphatic heterocycles. The zero-order chi connectivity index (χ0) is 16.5. The van der Waals surface area contributed by atoms with Crippen molar-refractivity contribution in [2.45, 2.75) is 25.7 Å². The normalized spacial score (nSPS) is 14.4. The van der Waals surface area contributed by atoms with Crippen LogP contribution in [0.25, 0.3) is 34.2 Å². The smallest absolute Gasteiger partial charge is 0.0712 e. The zero-order valence-corrected chi connectivity index (χ0v) is 14.0. The van der Waals surface area contributed by atoms with Gasteiger partial charge in [-0.1, -0.05) is 67.3 Å². The van der Waals surface area contributed by atoms with Crippen LogP contribution in [0.1, 0.15) is 42.5 Å². The van der Waals surface area contributed by atoms with E-state index in [1.54, 1.807) is 0 Å². The first-order valence-electron chi connectivity index (χ1n) is 8.60. The molecule has 1 fully saturated rings. The molecule has 1 aromatic heterocycles. The molecule has 3 aromatic rings. The second-order valence-corrected chi connectivity index (χ2v) is 6.40. The molecule has 1 heterocycles. The van der Waals surface area contributed by atoms with Gasteiger partial charge >= 0.3 is 0 Å². The van der Waals surface area contributed by atoms with Gasteiger partial charge in [0.2, 0.25) is 0 Å². The molecule has 24 heavy (non-hydrogen) atoms. The van der Waals surface area contributed by atoms with E-state index in [4.69, 9.17) is 4.98 Å². The molecule has 1 heteroatoms. The Kier molecular flexibility index (Phi) is 3.78. The summed E-state index contributed by atoms with van der Waals surface area (Å²) < 4.78 is 0. The highest BCUT2D eigenvalue weighted by molar-refractivity contribution is 5.99. The van der Waals surface area contributed by atoms with Gasteiger partial charge in [-0.05, 0) is 37.0 Å². The van der Waals surface area contributed by atoms with Gasteiger partial charge in [-0.3, -0.25) is 4.98 Å². The van der Waals surface area contributed by atoms with Crippen LogP contribution in [0.2, 0.25) is 0 Å². The third kappa shape index (κ3) is 2.56. The van der Waals surface area contributed by atoms with Crippen LogP contribution < -0.4 is 0 Å². The number of nitrogens with zero attached hydrogens (tertiary/aromatic N) is 1. The predicted molar refractivity (Wildman–Crippen MR) is 104 cm³/mol. The fourth-order valence-electron chi connectivity index (χ4n) is 3.35. The third-order valence-corrected chi connectivity index (χ3v) is 4.69. The standard InChI is InChI=1S/C23H21N/c1-3-7-20-22(17-12-10-16(4-2)11-13-17)19-8-5-6-9-21(19)24-23(20)18-14-15-18/h3-13,18H,2,14-15H2,1H3/b7-3+. The largest absolute Gasteiger partial charge is 0.252 e. The molecule has 2 aromatic carbocycles. The number of allylic oxidation sites excluding steroid dienone is 1. The van der Waals surface area contributed by atoms with Gasteiger partial charge in [0.15, 0.2) is 0 Å². The Labute approximate surface area is 143 Å².